The van der Waals surface area contributed by atoms with E-state index in [2.05, 4.69) is 10.3 Å². The van der Waals surface area contributed by atoms with Crippen molar-refractivity contribution in [1.82, 2.24) is 4.98 Å². The molecule has 0 aliphatic rings. The number of nitro groups is 1. The Hall–Kier alpha value is -1.73. The highest BCUT2D eigenvalue weighted by Gasteiger charge is 2.14. The SMILES string of the molecule is COC(CNc1ccncc1[N+](=O)[O-])OC. The van der Waals surface area contributed by atoms with Gasteiger partial charge < -0.3 is 14.8 Å². The van der Waals surface area contributed by atoms with Crippen molar-refractivity contribution in [2.24, 2.45) is 0 Å². The minimum absolute atomic E-state index is 0.0755. The third-order valence-electron chi connectivity index (χ3n) is 1.98. The fourth-order valence-electron chi connectivity index (χ4n) is 1.14. The Morgan fingerprint density at radius 3 is 2.81 bits per heavy atom. The number of pyridine rings is 1. The zero-order chi connectivity index (χ0) is 12.0. The summed E-state index contributed by atoms with van der Waals surface area (Å²) < 4.78 is 9.90. The van der Waals surface area contributed by atoms with Gasteiger partial charge in [0.15, 0.2) is 6.29 Å². The number of hydrogen-bond acceptors (Lipinski definition) is 6. The lowest BCUT2D eigenvalue weighted by molar-refractivity contribution is -0.384. The number of anilines is 1. The quantitative estimate of drug-likeness (QED) is 0.443. The van der Waals surface area contributed by atoms with Gasteiger partial charge in [-0.15, -0.1) is 0 Å². The van der Waals surface area contributed by atoms with Crippen LogP contribution in [0.1, 0.15) is 0 Å². The summed E-state index contributed by atoms with van der Waals surface area (Å²) in [6.45, 7) is 0.317. The Morgan fingerprint density at radius 2 is 2.25 bits per heavy atom. The summed E-state index contributed by atoms with van der Waals surface area (Å²) in [6, 6.07) is 1.53. The van der Waals surface area contributed by atoms with Gasteiger partial charge in [0.05, 0.1) is 11.5 Å². The lowest BCUT2D eigenvalue weighted by Gasteiger charge is -2.14. The molecule has 0 atom stereocenters. The first-order valence-electron chi connectivity index (χ1n) is 4.57. The van der Waals surface area contributed by atoms with Gasteiger partial charge in [-0.25, -0.2) is 0 Å². The summed E-state index contributed by atoms with van der Waals surface area (Å²) in [5, 5.41) is 13.5. The van der Waals surface area contributed by atoms with E-state index in [1.165, 1.54) is 32.7 Å². The average molecular weight is 227 g/mol. The van der Waals surface area contributed by atoms with E-state index < -0.39 is 11.2 Å². The van der Waals surface area contributed by atoms with Crippen LogP contribution in [0.4, 0.5) is 11.4 Å². The lowest BCUT2D eigenvalue weighted by atomic mass is 10.3. The standard InChI is InChI=1S/C9H13N3O4/c1-15-9(16-2)6-11-7-3-4-10-5-8(7)12(13)14/h3-5,9H,6H2,1-2H3,(H,10,11). The van der Waals surface area contributed by atoms with Crippen LogP contribution in [0.5, 0.6) is 0 Å². The van der Waals surface area contributed by atoms with Crippen LogP contribution in [-0.4, -0.2) is 37.0 Å². The smallest absolute Gasteiger partial charge is 0.310 e. The Morgan fingerprint density at radius 1 is 1.56 bits per heavy atom. The van der Waals surface area contributed by atoms with E-state index in [1.54, 1.807) is 0 Å². The summed E-state index contributed by atoms with van der Waals surface area (Å²) in [7, 11) is 2.99. The fourth-order valence-corrected chi connectivity index (χ4v) is 1.14. The van der Waals surface area contributed by atoms with E-state index in [1.807, 2.05) is 0 Å². The van der Waals surface area contributed by atoms with Gasteiger partial charge in [-0.05, 0) is 6.07 Å². The molecule has 0 amide bonds. The molecule has 0 fully saturated rings. The largest absolute Gasteiger partial charge is 0.374 e. The predicted molar refractivity (Wildman–Crippen MR) is 57.2 cm³/mol. The first-order valence-corrected chi connectivity index (χ1v) is 4.57. The molecule has 0 radical (unpaired) electrons. The molecule has 0 aliphatic heterocycles. The normalized spacial score (nSPS) is 10.4. The molecule has 1 rings (SSSR count). The van der Waals surface area contributed by atoms with Crippen molar-refractivity contribution in [3.8, 4) is 0 Å². The Bertz CT molecular complexity index is 354. The second-order valence-electron chi connectivity index (χ2n) is 2.93. The second kappa shape index (κ2) is 5.99. The molecule has 1 aromatic heterocycles. The van der Waals surface area contributed by atoms with Crippen molar-refractivity contribution in [2.45, 2.75) is 6.29 Å². The fraction of sp³-hybridized carbons (Fsp3) is 0.444. The molecule has 0 unspecified atom stereocenters. The van der Waals surface area contributed by atoms with Crippen LogP contribution in [-0.2, 0) is 9.47 Å². The Balaban J connectivity index is 2.69. The minimum atomic E-state index is -0.496. The molecule has 7 heteroatoms. The number of rotatable bonds is 6. The molecule has 0 aliphatic carbocycles. The highest BCUT2D eigenvalue weighted by molar-refractivity contribution is 5.59. The number of hydrogen-bond donors (Lipinski definition) is 1. The molecule has 1 N–H and O–H groups in total. The van der Waals surface area contributed by atoms with Gasteiger partial charge >= 0.3 is 5.69 Å². The number of methoxy groups -OCH3 is 2. The van der Waals surface area contributed by atoms with Gasteiger partial charge in [-0.3, -0.25) is 15.1 Å². The third kappa shape index (κ3) is 3.14. The van der Waals surface area contributed by atoms with Crippen LogP contribution in [0.3, 0.4) is 0 Å². The molecule has 0 saturated carbocycles. The molecule has 1 heterocycles. The van der Waals surface area contributed by atoms with E-state index in [9.17, 15) is 10.1 Å². The van der Waals surface area contributed by atoms with Crippen LogP contribution in [0.2, 0.25) is 0 Å². The summed E-state index contributed by atoms with van der Waals surface area (Å²) >= 11 is 0. The minimum Gasteiger partial charge on any atom is -0.374 e. The van der Waals surface area contributed by atoms with Crippen LogP contribution in [0, 0.1) is 10.1 Å². The molecule has 0 bridgehead atoms. The number of ether oxygens (including phenoxy) is 2. The Labute approximate surface area is 92.5 Å². The second-order valence-corrected chi connectivity index (χ2v) is 2.93. The maximum absolute atomic E-state index is 10.7. The van der Waals surface area contributed by atoms with E-state index in [-0.39, 0.29) is 5.69 Å². The predicted octanol–water partition coefficient (Wildman–Crippen LogP) is 1.02. The van der Waals surface area contributed by atoms with Crippen molar-refractivity contribution in [1.29, 1.82) is 0 Å². The van der Waals surface area contributed by atoms with Crippen molar-refractivity contribution in [3.63, 3.8) is 0 Å². The first kappa shape index (κ1) is 12.3. The van der Waals surface area contributed by atoms with Crippen LogP contribution in [0.15, 0.2) is 18.5 Å². The van der Waals surface area contributed by atoms with Crippen LogP contribution >= 0.6 is 0 Å². The molecular formula is C9H13N3O4. The highest BCUT2D eigenvalue weighted by Crippen LogP contribution is 2.21. The van der Waals surface area contributed by atoms with Crippen LogP contribution in [0.25, 0.3) is 0 Å². The topological polar surface area (TPSA) is 86.5 Å². The van der Waals surface area contributed by atoms with Gasteiger partial charge in [0.2, 0.25) is 0 Å². The van der Waals surface area contributed by atoms with Gasteiger partial charge in [0.1, 0.15) is 11.9 Å². The maximum Gasteiger partial charge on any atom is 0.310 e. The Kier molecular flexibility index (Phi) is 4.62. The van der Waals surface area contributed by atoms with Crippen molar-refractivity contribution >= 4 is 11.4 Å². The monoisotopic (exact) mass is 227 g/mol. The molecule has 88 valence electrons. The molecule has 0 saturated heterocycles. The molecule has 0 spiro atoms. The zero-order valence-electron chi connectivity index (χ0n) is 9.04. The van der Waals surface area contributed by atoms with Gasteiger partial charge in [0, 0.05) is 20.4 Å². The molecule has 7 nitrogen and oxygen atoms in total. The number of nitrogens with one attached hydrogen (secondary N) is 1. The van der Waals surface area contributed by atoms with Gasteiger partial charge in [0.25, 0.3) is 0 Å². The number of nitrogens with zero attached hydrogens (tertiary/aromatic N) is 2. The van der Waals surface area contributed by atoms with E-state index in [0.29, 0.717) is 12.2 Å². The lowest BCUT2D eigenvalue weighted by Crippen LogP contribution is -2.23. The van der Waals surface area contributed by atoms with E-state index in [0.717, 1.165) is 0 Å². The summed E-state index contributed by atoms with van der Waals surface area (Å²) in [4.78, 5) is 13.9. The van der Waals surface area contributed by atoms with E-state index >= 15 is 0 Å². The summed E-state index contributed by atoms with van der Waals surface area (Å²) in [5.74, 6) is 0. The van der Waals surface area contributed by atoms with Gasteiger partial charge in [-0.2, -0.15) is 0 Å². The molecule has 16 heavy (non-hydrogen) atoms. The molecule has 1 aromatic rings. The maximum atomic E-state index is 10.7. The summed E-state index contributed by atoms with van der Waals surface area (Å²) in [6.07, 6.45) is 2.22. The van der Waals surface area contributed by atoms with Gasteiger partial charge in [-0.1, -0.05) is 0 Å². The highest BCUT2D eigenvalue weighted by atomic mass is 16.7. The van der Waals surface area contributed by atoms with Crippen LogP contribution < -0.4 is 5.32 Å². The van der Waals surface area contributed by atoms with Crippen molar-refractivity contribution in [3.05, 3.63) is 28.6 Å². The van der Waals surface area contributed by atoms with E-state index in [4.69, 9.17) is 9.47 Å². The average Bonchev–Trinajstić information content (AvgIpc) is 2.30. The first-order chi connectivity index (χ1) is 7.69. The molecular weight excluding hydrogens is 214 g/mol. The third-order valence-corrected chi connectivity index (χ3v) is 1.98. The summed E-state index contributed by atoms with van der Waals surface area (Å²) in [5.41, 5.74) is 0.313. The van der Waals surface area contributed by atoms with Crippen molar-refractivity contribution in [2.75, 3.05) is 26.1 Å². The molecule has 0 aromatic carbocycles. The van der Waals surface area contributed by atoms with Crippen molar-refractivity contribution < 1.29 is 14.4 Å². The number of aromatic nitrogens is 1. The zero-order valence-corrected chi connectivity index (χ0v) is 9.04.